The summed E-state index contributed by atoms with van der Waals surface area (Å²) in [6, 6.07) is 9.08. The van der Waals surface area contributed by atoms with Crippen molar-refractivity contribution in [2.24, 2.45) is 35.0 Å². The molecule has 0 radical (unpaired) electrons. The molecule has 0 aromatic heterocycles. The third-order valence-electron chi connectivity index (χ3n) is 18.3. The maximum Gasteiger partial charge on any atom is 0.326 e. The van der Waals surface area contributed by atoms with Crippen LogP contribution in [0, 0.1) is 23.2 Å². The third-order valence-corrected chi connectivity index (χ3v) is 18.3. The minimum absolute atomic E-state index is 0.0198. The molecule has 0 heterocycles. The number of nitrogens with two attached hydrogens (primary N) is 3. The number of aliphatic carboxylic acids is 3. The number of aromatic hydroxyl groups is 2. The first-order chi connectivity index (χ1) is 55.8. The Morgan fingerprint density at radius 3 is 1.08 bits per heavy atom. The number of aliphatic hydroxyl groups is 1. The Kier molecular flexibility index (Phi) is 42.3. The molecule has 4 aromatic carbocycles. The van der Waals surface area contributed by atoms with Crippen LogP contribution >= 0.6 is 0 Å². The molecule has 0 saturated heterocycles. The van der Waals surface area contributed by atoms with Crippen LogP contribution in [0.15, 0.2) is 109 Å². The zero-order valence-corrected chi connectivity index (χ0v) is 67.0. The molecule has 118 heavy (non-hydrogen) atoms. The Labute approximate surface area is 683 Å². The first kappa shape index (κ1) is 98.0. The van der Waals surface area contributed by atoms with Gasteiger partial charge in [-0.3, -0.25) is 72.5 Å². The standard InChI is InChI=1S/C80H115N17O21/c1-44(2)34-57(91-75(113)61(38-48-18-11-8-12-19-48)95-72(110)58(35-45(3)4)90-68(106)53(82)41-67(104)105)69(107)86-42-65(101)87-54(20-13-14-32-81)70(108)93-60(37-47-16-9-7-10-17-47)76(114)92-59(36-46(5)6)73(111)96-62(39-49-22-26-51(99)27-23-49)74(112)88-55(30-31-66(102)103)71(109)94-63(40-50-24-28-52(100)29-25-50)77(115)97-64(43-98)78(116)89-56(79(117)118)21-15-33-85-80(83)84/h7-12,16-19,22-29,44-46,53-64,98-100H,13-15,20-21,30-43,81-82H2,1-6H3,(H,86,107)(H,87,101)(H,88,112)(H,89,116)(H,90,106)(H,91,113)(H,92,114)(H,93,108)(H,94,109)(H,95,110)(H,96,111)(H,97,115)(H,102,103)(H,104,105)(H,117,118)(H4,83,84,85)/t53-,54-,55-,56-,57-,58-,59-,60-,61-,62-,63-,64-/m0/s1. The van der Waals surface area contributed by atoms with Crippen LogP contribution in [0.3, 0.4) is 0 Å². The molecule has 0 aliphatic heterocycles. The summed E-state index contributed by atoms with van der Waals surface area (Å²) in [6.45, 7) is 8.92. The smallest absolute Gasteiger partial charge is 0.326 e. The van der Waals surface area contributed by atoms with Crippen LogP contribution in [0.2, 0.25) is 0 Å². The average molecular weight is 1650 g/mol. The Morgan fingerprint density at radius 2 is 0.703 bits per heavy atom. The fourth-order valence-corrected chi connectivity index (χ4v) is 12.2. The fraction of sp³-hybridized carbons (Fsp3) is 0.500. The number of carboxylic acids is 3. The van der Waals surface area contributed by atoms with Gasteiger partial charge in [0.1, 0.15) is 78.0 Å². The first-order valence-electron chi connectivity index (χ1n) is 38.9. The Balaban J connectivity index is 1.64. The number of hydrogen-bond donors (Lipinski definition) is 23. The molecule has 4 aromatic rings. The quantitative estimate of drug-likeness (QED) is 0.0130. The van der Waals surface area contributed by atoms with E-state index in [9.17, 15) is 103 Å². The van der Waals surface area contributed by atoms with Crippen molar-refractivity contribution in [3.8, 4) is 11.5 Å². The molecule has 26 N–H and O–H groups in total. The summed E-state index contributed by atoms with van der Waals surface area (Å²) in [5.74, 6) is -17.5. The van der Waals surface area contributed by atoms with Crippen LogP contribution in [0.25, 0.3) is 0 Å². The molecule has 0 aliphatic rings. The summed E-state index contributed by atoms with van der Waals surface area (Å²) in [6.07, 6.45) is -2.78. The molecule has 0 unspecified atom stereocenters. The second-order valence-electron chi connectivity index (χ2n) is 29.9. The first-order valence-corrected chi connectivity index (χ1v) is 38.9. The summed E-state index contributed by atoms with van der Waals surface area (Å²) < 4.78 is 0. The van der Waals surface area contributed by atoms with Gasteiger partial charge in [-0.05, 0) is 129 Å². The highest BCUT2D eigenvalue weighted by Gasteiger charge is 2.38. The lowest BCUT2D eigenvalue weighted by Crippen LogP contribution is -2.61. The number of carbonyl (C=O) groups is 15. The van der Waals surface area contributed by atoms with Gasteiger partial charge in [-0.25, -0.2) is 4.79 Å². The molecule has 0 spiro atoms. The fourth-order valence-electron chi connectivity index (χ4n) is 12.2. The number of benzene rings is 4. The van der Waals surface area contributed by atoms with E-state index in [1.54, 1.807) is 102 Å². The normalized spacial score (nSPS) is 14.2. The van der Waals surface area contributed by atoms with Crippen molar-refractivity contribution >= 4 is 94.8 Å². The summed E-state index contributed by atoms with van der Waals surface area (Å²) in [5, 5.41) is 100. The number of phenols is 2. The second-order valence-corrected chi connectivity index (χ2v) is 29.9. The molecule has 0 aliphatic carbocycles. The van der Waals surface area contributed by atoms with E-state index < -0.39 is 200 Å². The van der Waals surface area contributed by atoms with Crippen LogP contribution in [0.5, 0.6) is 11.5 Å². The highest BCUT2D eigenvalue weighted by Crippen LogP contribution is 2.18. The van der Waals surface area contributed by atoms with E-state index in [0.29, 0.717) is 28.7 Å². The molecule has 4 rings (SSSR count). The lowest BCUT2D eigenvalue weighted by molar-refractivity contribution is -0.143. The lowest BCUT2D eigenvalue weighted by Gasteiger charge is -2.28. The molecule has 0 bridgehead atoms. The highest BCUT2D eigenvalue weighted by molar-refractivity contribution is 6.00. The van der Waals surface area contributed by atoms with Gasteiger partial charge in [0.05, 0.1) is 25.6 Å². The van der Waals surface area contributed by atoms with Gasteiger partial charge >= 0.3 is 17.9 Å². The number of phenolic OH excluding ortho intramolecular Hbond substituents is 2. The SMILES string of the molecule is CC(C)C[C@H](NC(=O)[C@H](Cc1ccccc1)NC(=O)[C@H](CC(C)C)NC(=O)[C@@H](N)CC(=O)O)C(=O)NCC(=O)N[C@@H](CCCCN)C(=O)N[C@@H](Cc1ccccc1)C(=O)N[C@@H](CC(C)C)C(=O)N[C@@H](Cc1ccc(O)cc1)C(=O)N[C@@H](CCC(=O)O)C(=O)N[C@@H](Cc1ccc(O)cc1)C(=O)N[C@@H](CO)C(=O)N[C@@H](CCCNC(=N)N)C(=O)O. The zero-order valence-electron chi connectivity index (χ0n) is 67.0. The predicted molar refractivity (Wildman–Crippen MR) is 430 cm³/mol. The van der Waals surface area contributed by atoms with E-state index in [1.165, 1.54) is 48.5 Å². The van der Waals surface area contributed by atoms with Crippen molar-refractivity contribution in [3.05, 3.63) is 131 Å². The molecular formula is C80H115N17O21. The van der Waals surface area contributed by atoms with Crippen LogP contribution < -0.4 is 86.3 Å². The van der Waals surface area contributed by atoms with Gasteiger partial charge in [0, 0.05) is 38.6 Å². The highest BCUT2D eigenvalue weighted by atomic mass is 16.4. The Hall–Kier alpha value is -12.3. The maximum absolute atomic E-state index is 15.0. The van der Waals surface area contributed by atoms with Crippen molar-refractivity contribution in [1.29, 1.82) is 5.41 Å². The van der Waals surface area contributed by atoms with Crippen molar-refractivity contribution in [2.45, 2.75) is 210 Å². The number of carboxylic acid groups (broad SMARTS) is 3. The van der Waals surface area contributed by atoms with E-state index in [0.717, 1.165) is 0 Å². The largest absolute Gasteiger partial charge is 0.508 e. The monoisotopic (exact) mass is 1650 g/mol. The van der Waals surface area contributed by atoms with Gasteiger partial charge in [-0.1, -0.05) is 126 Å². The van der Waals surface area contributed by atoms with Gasteiger partial charge in [0.2, 0.25) is 70.9 Å². The molecule has 646 valence electrons. The van der Waals surface area contributed by atoms with E-state index in [-0.39, 0.29) is 113 Å². The van der Waals surface area contributed by atoms with E-state index >= 15 is 0 Å². The molecule has 38 nitrogen and oxygen atoms in total. The average Bonchev–Trinajstić information content (AvgIpc) is 0.847. The van der Waals surface area contributed by atoms with E-state index in [4.69, 9.17) is 22.6 Å². The molecular weight excluding hydrogens is 1530 g/mol. The zero-order chi connectivity index (χ0) is 87.7. The molecule has 12 atom stereocenters. The number of carbonyl (C=O) groups excluding carboxylic acids is 12. The van der Waals surface area contributed by atoms with Gasteiger partial charge in [-0.2, -0.15) is 0 Å². The Bertz CT molecular complexity index is 4010. The van der Waals surface area contributed by atoms with Crippen LogP contribution in [0.4, 0.5) is 0 Å². The molecule has 12 amide bonds. The summed E-state index contributed by atoms with van der Waals surface area (Å²) in [7, 11) is 0. The minimum atomic E-state index is -1.84. The third kappa shape index (κ3) is 37.1. The van der Waals surface area contributed by atoms with Crippen molar-refractivity contribution < 1.29 is 103 Å². The Morgan fingerprint density at radius 1 is 0.373 bits per heavy atom. The van der Waals surface area contributed by atoms with Crippen LogP contribution in [-0.4, -0.2) is 224 Å². The number of unbranched alkanes of at least 4 members (excludes halogenated alkanes) is 1. The number of amides is 12. The van der Waals surface area contributed by atoms with E-state index in [2.05, 4.69) is 69.1 Å². The van der Waals surface area contributed by atoms with Gasteiger partial charge in [0.25, 0.3) is 0 Å². The van der Waals surface area contributed by atoms with Crippen LogP contribution in [0.1, 0.15) is 134 Å². The molecule has 38 heteroatoms. The number of aliphatic hydroxyl groups excluding tert-OH is 1. The molecule has 0 fully saturated rings. The summed E-state index contributed by atoms with van der Waals surface area (Å²) >= 11 is 0. The van der Waals surface area contributed by atoms with Gasteiger partial charge in [0.15, 0.2) is 5.96 Å². The van der Waals surface area contributed by atoms with Crippen LogP contribution in [-0.2, 0) is 97.6 Å². The number of nitrogens with one attached hydrogen (secondary N) is 14. The number of rotatable bonds is 53. The molecule has 0 saturated carbocycles. The topological polar surface area (TPSA) is 636 Å². The van der Waals surface area contributed by atoms with E-state index in [1.807, 2.05) is 0 Å². The maximum atomic E-state index is 15.0. The van der Waals surface area contributed by atoms with Crippen molar-refractivity contribution in [2.75, 3.05) is 26.2 Å². The number of hydrogen-bond acceptors (Lipinski definition) is 21. The van der Waals surface area contributed by atoms with Crippen molar-refractivity contribution in [3.63, 3.8) is 0 Å². The van der Waals surface area contributed by atoms with Crippen molar-refractivity contribution in [1.82, 2.24) is 69.1 Å². The van der Waals surface area contributed by atoms with Gasteiger partial charge < -0.3 is 117 Å². The summed E-state index contributed by atoms with van der Waals surface area (Å²) in [5.41, 5.74) is 18.7. The van der Waals surface area contributed by atoms with Gasteiger partial charge in [-0.15, -0.1) is 0 Å². The predicted octanol–water partition coefficient (Wildman–Crippen LogP) is -1.91. The number of guanidine groups is 1. The minimum Gasteiger partial charge on any atom is -0.508 e. The second kappa shape index (κ2) is 50.9. The lowest BCUT2D eigenvalue weighted by atomic mass is 9.99. The summed E-state index contributed by atoms with van der Waals surface area (Å²) in [4.78, 5) is 207.